The van der Waals surface area contributed by atoms with E-state index in [1.165, 1.54) is 35.4 Å². The minimum atomic E-state index is -4.36. The summed E-state index contributed by atoms with van der Waals surface area (Å²) in [7, 11) is 0. The summed E-state index contributed by atoms with van der Waals surface area (Å²) in [6, 6.07) is 10.7. The molecule has 1 amide bonds. The molecule has 1 N–H and O–H groups in total. The van der Waals surface area contributed by atoms with Crippen molar-refractivity contribution in [2.24, 2.45) is 0 Å². The normalized spacial score (nSPS) is 11.6. The van der Waals surface area contributed by atoms with Gasteiger partial charge in [0.15, 0.2) is 0 Å². The number of fused-ring (bicyclic) bond motifs is 1. The molecule has 0 atom stereocenters. The number of halogens is 3. The lowest BCUT2D eigenvalue weighted by Gasteiger charge is -2.06. The number of benzene rings is 2. The SMILES string of the molecule is CCOC(=O)NSCc1cccc2sc(-c3ccc(C(F)(F)F)cc3)nc12. The first-order valence-electron chi connectivity index (χ1n) is 7.99. The van der Waals surface area contributed by atoms with Gasteiger partial charge in [-0.05, 0) is 42.6 Å². The summed E-state index contributed by atoms with van der Waals surface area (Å²) in [5.41, 5.74) is 1.64. The number of para-hydroxylation sites is 1. The first-order chi connectivity index (χ1) is 12.9. The number of thiazole rings is 1. The summed E-state index contributed by atoms with van der Waals surface area (Å²) in [6.45, 7) is 2.02. The number of aromatic nitrogens is 1. The summed E-state index contributed by atoms with van der Waals surface area (Å²) in [5.74, 6) is 0.492. The maximum absolute atomic E-state index is 12.7. The summed E-state index contributed by atoms with van der Waals surface area (Å²) in [4.78, 5) is 15.9. The standard InChI is InChI=1S/C18H15F3N2O2S2/c1-2-25-17(24)23-26-10-12-4-3-5-14-15(12)22-16(27-14)11-6-8-13(9-7-11)18(19,20)21/h3-9H,2,10H2,1H3,(H,23,24). The van der Waals surface area contributed by atoms with Crippen molar-refractivity contribution in [3.63, 3.8) is 0 Å². The molecule has 0 aliphatic carbocycles. The molecule has 0 bridgehead atoms. The van der Waals surface area contributed by atoms with E-state index < -0.39 is 17.8 Å². The predicted molar refractivity (Wildman–Crippen MR) is 102 cm³/mol. The van der Waals surface area contributed by atoms with Crippen molar-refractivity contribution < 1.29 is 22.7 Å². The summed E-state index contributed by atoms with van der Waals surface area (Å²) in [5, 5.41) is 0.648. The topological polar surface area (TPSA) is 51.2 Å². The molecule has 0 fully saturated rings. The Hall–Kier alpha value is -2.26. The van der Waals surface area contributed by atoms with Crippen LogP contribution in [0, 0.1) is 0 Å². The molecule has 1 heterocycles. The second kappa shape index (κ2) is 8.18. The molecule has 0 saturated carbocycles. The number of rotatable bonds is 5. The molecular formula is C18H15F3N2O2S2. The molecule has 4 nitrogen and oxygen atoms in total. The van der Waals surface area contributed by atoms with Crippen LogP contribution in [0.4, 0.5) is 18.0 Å². The molecule has 9 heteroatoms. The Morgan fingerprint density at radius 1 is 1.22 bits per heavy atom. The lowest BCUT2D eigenvalue weighted by atomic mass is 10.1. The van der Waals surface area contributed by atoms with Gasteiger partial charge in [-0.2, -0.15) is 13.2 Å². The fraction of sp³-hybridized carbons (Fsp3) is 0.222. The highest BCUT2D eigenvalue weighted by Crippen LogP contribution is 2.35. The molecule has 0 spiro atoms. The maximum atomic E-state index is 12.7. The lowest BCUT2D eigenvalue weighted by molar-refractivity contribution is -0.137. The minimum absolute atomic E-state index is 0.296. The Balaban J connectivity index is 1.80. The van der Waals surface area contributed by atoms with Gasteiger partial charge in [0.05, 0.1) is 22.4 Å². The van der Waals surface area contributed by atoms with Crippen molar-refractivity contribution in [1.29, 1.82) is 0 Å². The molecule has 0 unspecified atom stereocenters. The molecule has 0 aliphatic rings. The van der Waals surface area contributed by atoms with Crippen LogP contribution in [-0.4, -0.2) is 17.7 Å². The number of hydrogen-bond donors (Lipinski definition) is 1. The van der Waals surface area contributed by atoms with Crippen LogP contribution in [0.15, 0.2) is 42.5 Å². The second-order valence-electron chi connectivity index (χ2n) is 5.47. The summed E-state index contributed by atoms with van der Waals surface area (Å²) >= 11 is 2.61. The fourth-order valence-corrected chi connectivity index (χ4v) is 4.04. The number of nitrogens with zero attached hydrogens (tertiary/aromatic N) is 1. The highest BCUT2D eigenvalue weighted by molar-refractivity contribution is 7.97. The van der Waals surface area contributed by atoms with E-state index in [0.717, 1.165) is 27.9 Å². The predicted octanol–water partition coefficient (Wildman–Crippen LogP) is 5.88. The Morgan fingerprint density at radius 3 is 2.63 bits per heavy atom. The van der Waals surface area contributed by atoms with Gasteiger partial charge in [-0.1, -0.05) is 24.3 Å². The largest absolute Gasteiger partial charge is 0.449 e. The molecule has 3 aromatic rings. The Kier molecular flexibility index (Phi) is 5.91. The number of nitrogens with one attached hydrogen (secondary N) is 1. The van der Waals surface area contributed by atoms with Crippen LogP contribution < -0.4 is 4.72 Å². The van der Waals surface area contributed by atoms with Crippen LogP contribution in [0.3, 0.4) is 0 Å². The van der Waals surface area contributed by atoms with E-state index in [-0.39, 0.29) is 0 Å². The molecule has 27 heavy (non-hydrogen) atoms. The number of alkyl halides is 3. The zero-order chi connectivity index (χ0) is 19.4. The third-order valence-corrected chi connectivity index (χ3v) is 5.46. The van der Waals surface area contributed by atoms with E-state index in [1.54, 1.807) is 6.92 Å². The maximum Gasteiger partial charge on any atom is 0.417 e. The zero-order valence-corrected chi connectivity index (χ0v) is 15.8. The van der Waals surface area contributed by atoms with Crippen LogP contribution in [0.2, 0.25) is 0 Å². The van der Waals surface area contributed by atoms with E-state index >= 15 is 0 Å². The molecule has 3 rings (SSSR count). The number of amides is 1. The van der Waals surface area contributed by atoms with Gasteiger partial charge in [0.2, 0.25) is 0 Å². The molecule has 0 saturated heterocycles. The zero-order valence-electron chi connectivity index (χ0n) is 14.2. The summed E-state index contributed by atoms with van der Waals surface area (Å²) in [6.07, 6.45) is -4.86. The van der Waals surface area contributed by atoms with Crippen molar-refractivity contribution in [1.82, 2.24) is 9.71 Å². The molecule has 2 aromatic carbocycles. The average Bonchev–Trinajstić information content (AvgIpc) is 3.06. The van der Waals surface area contributed by atoms with E-state index in [0.29, 0.717) is 22.9 Å². The van der Waals surface area contributed by atoms with Gasteiger partial charge in [0.25, 0.3) is 0 Å². The fourth-order valence-electron chi connectivity index (χ4n) is 2.38. The third-order valence-electron chi connectivity index (χ3n) is 3.62. The molecule has 142 valence electrons. The second-order valence-corrected chi connectivity index (χ2v) is 7.28. The van der Waals surface area contributed by atoms with Gasteiger partial charge in [0, 0.05) is 11.3 Å². The Labute approximate surface area is 161 Å². The van der Waals surface area contributed by atoms with Crippen LogP contribution in [-0.2, 0) is 16.7 Å². The number of ether oxygens (including phenoxy) is 1. The number of carbonyl (C=O) groups excluding carboxylic acids is 1. The van der Waals surface area contributed by atoms with Gasteiger partial charge in [-0.3, -0.25) is 4.72 Å². The third kappa shape index (κ3) is 4.72. The Morgan fingerprint density at radius 2 is 1.96 bits per heavy atom. The molecule has 0 aliphatic heterocycles. The van der Waals surface area contributed by atoms with E-state index in [1.807, 2.05) is 18.2 Å². The summed E-state index contributed by atoms with van der Waals surface area (Å²) < 4.78 is 46.4. The monoisotopic (exact) mass is 412 g/mol. The van der Waals surface area contributed by atoms with Gasteiger partial charge in [0.1, 0.15) is 5.01 Å². The average molecular weight is 412 g/mol. The highest BCUT2D eigenvalue weighted by atomic mass is 32.2. The van der Waals surface area contributed by atoms with Gasteiger partial charge < -0.3 is 4.74 Å². The first kappa shape index (κ1) is 19.5. The lowest BCUT2D eigenvalue weighted by Crippen LogP contribution is -2.17. The van der Waals surface area contributed by atoms with Crippen LogP contribution in [0.5, 0.6) is 0 Å². The van der Waals surface area contributed by atoms with Crippen LogP contribution in [0.25, 0.3) is 20.8 Å². The Bertz CT molecular complexity index is 940. The minimum Gasteiger partial charge on any atom is -0.449 e. The smallest absolute Gasteiger partial charge is 0.417 e. The van der Waals surface area contributed by atoms with Crippen LogP contribution >= 0.6 is 23.3 Å². The first-order valence-corrected chi connectivity index (χ1v) is 9.79. The molecular weight excluding hydrogens is 397 g/mol. The molecule has 1 aromatic heterocycles. The quantitative estimate of drug-likeness (QED) is 0.532. The van der Waals surface area contributed by atoms with Crippen molar-refractivity contribution >= 4 is 39.6 Å². The van der Waals surface area contributed by atoms with Crippen molar-refractivity contribution in [2.45, 2.75) is 18.9 Å². The van der Waals surface area contributed by atoms with E-state index in [9.17, 15) is 18.0 Å². The highest BCUT2D eigenvalue weighted by Gasteiger charge is 2.30. The van der Waals surface area contributed by atoms with E-state index in [2.05, 4.69) is 9.71 Å². The van der Waals surface area contributed by atoms with Crippen molar-refractivity contribution in [3.05, 3.63) is 53.6 Å². The number of hydrogen-bond acceptors (Lipinski definition) is 5. The molecule has 0 radical (unpaired) electrons. The number of carbonyl (C=O) groups is 1. The van der Waals surface area contributed by atoms with E-state index in [4.69, 9.17) is 4.74 Å². The van der Waals surface area contributed by atoms with Crippen molar-refractivity contribution in [3.8, 4) is 10.6 Å². The van der Waals surface area contributed by atoms with Gasteiger partial charge >= 0.3 is 12.3 Å². The van der Waals surface area contributed by atoms with Crippen LogP contribution in [0.1, 0.15) is 18.1 Å². The van der Waals surface area contributed by atoms with Gasteiger partial charge in [-0.25, -0.2) is 9.78 Å². The van der Waals surface area contributed by atoms with Gasteiger partial charge in [-0.15, -0.1) is 11.3 Å². The van der Waals surface area contributed by atoms with Crippen molar-refractivity contribution in [2.75, 3.05) is 6.61 Å².